The Bertz CT molecular complexity index is 768. The lowest BCUT2D eigenvalue weighted by Gasteiger charge is -2.07. The summed E-state index contributed by atoms with van der Waals surface area (Å²) in [5, 5.41) is 15.4. The summed E-state index contributed by atoms with van der Waals surface area (Å²) in [7, 11) is 0. The van der Waals surface area contributed by atoms with E-state index in [0.717, 1.165) is 20.0 Å². The molecule has 0 unspecified atom stereocenters. The molecule has 0 bridgehead atoms. The summed E-state index contributed by atoms with van der Waals surface area (Å²) in [6.45, 7) is 0. The van der Waals surface area contributed by atoms with E-state index >= 15 is 0 Å². The van der Waals surface area contributed by atoms with Crippen molar-refractivity contribution in [2.45, 2.75) is 0 Å². The summed E-state index contributed by atoms with van der Waals surface area (Å²) in [6, 6.07) is 13.9. The molecule has 86 valence electrons. The highest BCUT2D eigenvalue weighted by atomic mass is 127. The monoisotopic (exact) mass is 345 g/mol. The first-order valence-corrected chi connectivity index (χ1v) is 6.50. The van der Waals surface area contributed by atoms with Crippen LogP contribution in [-0.4, -0.2) is 9.78 Å². The van der Waals surface area contributed by atoms with Gasteiger partial charge in [-0.3, -0.25) is 0 Å². The average molecular weight is 345 g/mol. The van der Waals surface area contributed by atoms with Crippen LogP contribution in [0.3, 0.4) is 0 Å². The van der Waals surface area contributed by atoms with E-state index in [2.05, 4.69) is 33.8 Å². The molecule has 2 aromatic carbocycles. The van der Waals surface area contributed by atoms with E-state index in [-0.39, 0.29) is 0 Å². The van der Waals surface area contributed by atoms with Crippen LogP contribution in [0.5, 0.6) is 0 Å². The van der Waals surface area contributed by atoms with Crippen molar-refractivity contribution in [3.63, 3.8) is 0 Å². The Labute approximate surface area is 118 Å². The van der Waals surface area contributed by atoms with Crippen LogP contribution in [0, 0.1) is 14.9 Å². The van der Waals surface area contributed by atoms with Gasteiger partial charge in [0.1, 0.15) is 0 Å². The molecule has 0 radical (unpaired) electrons. The van der Waals surface area contributed by atoms with Crippen LogP contribution >= 0.6 is 22.6 Å². The normalized spacial score (nSPS) is 10.4. The minimum Gasteiger partial charge on any atom is -0.239 e. The van der Waals surface area contributed by atoms with Gasteiger partial charge in [0.15, 0.2) is 0 Å². The quantitative estimate of drug-likeness (QED) is 0.634. The number of halogens is 1. The Morgan fingerprint density at radius 1 is 1.11 bits per heavy atom. The third-order valence-corrected chi connectivity index (χ3v) is 3.38. The Kier molecular flexibility index (Phi) is 2.76. The van der Waals surface area contributed by atoms with Crippen LogP contribution in [0.4, 0.5) is 0 Å². The molecule has 3 rings (SSSR count). The Morgan fingerprint density at radius 3 is 2.56 bits per heavy atom. The number of fused-ring (bicyclic) bond motifs is 1. The highest BCUT2D eigenvalue weighted by Crippen LogP contribution is 2.25. The van der Waals surface area contributed by atoms with E-state index in [0.29, 0.717) is 5.56 Å². The molecule has 18 heavy (non-hydrogen) atoms. The SMILES string of the molecule is N#Cc1ccc(-n2cc(I)cn2)c2ccccc12. The third-order valence-electron chi connectivity index (χ3n) is 2.82. The summed E-state index contributed by atoms with van der Waals surface area (Å²) in [6.07, 6.45) is 3.78. The van der Waals surface area contributed by atoms with E-state index in [1.165, 1.54) is 0 Å². The van der Waals surface area contributed by atoms with Gasteiger partial charge < -0.3 is 0 Å². The summed E-state index contributed by atoms with van der Waals surface area (Å²) < 4.78 is 2.92. The van der Waals surface area contributed by atoms with Gasteiger partial charge in [-0.15, -0.1) is 0 Å². The van der Waals surface area contributed by atoms with Gasteiger partial charge in [0.05, 0.1) is 27.1 Å². The molecule has 0 spiro atoms. The van der Waals surface area contributed by atoms with Crippen molar-refractivity contribution in [3.8, 4) is 11.8 Å². The van der Waals surface area contributed by atoms with Crippen LogP contribution < -0.4 is 0 Å². The van der Waals surface area contributed by atoms with Crippen molar-refractivity contribution in [1.82, 2.24) is 9.78 Å². The van der Waals surface area contributed by atoms with Crippen LogP contribution in [-0.2, 0) is 0 Å². The zero-order chi connectivity index (χ0) is 12.5. The number of benzene rings is 2. The fourth-order valence-electron chi connectivity index (χ4n) is 2.01. The molecule has 0 saturated carbocycles. The first kappa shape index (κ1) is 11.2. The molecule has 0 N–H and O–H groups in total. The van der Waals surface area contributed by atoms with Crippen molar-refractivity contribution in [2.75, 3.05) is 0 Å². The fourth-order valence-corrected chi connectivity index (χ4v) is 2.40. The number of rotatable bonds is 1. The van der Waals surface area contributed by atoms with E-state index in [4.69, 9.17) is 5.26 Å². The van der Waals surface area contributed by atoms with Gasteiger partial charge in [0, 0.05) is 17.0 Å². The second-order valence-electron chi connectivity index (χ2n) is 3.89. The molecule has 0 atom stereocenters. The lowest BCUT2D eigenvalue weighted by molar-refractivity contribution is 0.887. The zero-order valence-corrected chi connectivity index (χ0v) is 11.5. The lowest BCUT2D eigenvalue weighted by atomic mass is 10.0. The smallest absolute Gasteiger partial charge is 0.0998 e. The highest BCUT2D eigenvalue weighted by molar-refractivity contribution is 14.1. The van der Waals surface area contributed by atoms with E-state index in [9.17, 15) is 0 Å². The zero-order valence-electron chi connectivity index (χ0n) is 9.34. The Morgan fingerprint density at radius 2 is 1.89 bits per heavy atom. The van der Waals surface area contributed by atoms with Crippen LogP contribution in [0.2, 0.25) is 0 Å². The van der Waals surface area contributed by atoms with Gasteiger partial charge >= 0.3 is 0 Å². The molecular formula is C14H8IN3. The molecular weight excluding hydrogens is 337 g/mol. The van der Waals surface area contributed by atoms with Crippen molar-refractivity contribution < 1.29 is 0 Å². The average Bonchev–Trinajstić information content (AvgIpc) is 2.84. The number of nitriles is 1. The minimum atomic E-state index is 0.691. The summed E-state index contributed by atoms with van der Waals surface area (Å²) in [5.74, 6) is 0. The maximum atomic E-state index is 9.13. The Balaban J connectivity index is 2.35. The van der Waals surface area contributed by atoms with Gasteiger partial charge in [-0.1, -0.05) is 24.3 Å². The van der Waals surface area contributed by atoms with Crippen LogP contribution in [0.1, 0.15) is 5.56 Å². The van der Waals surface area contributed by atoms with Crippen LogP contribution in [0.15, 0.2) is 48.8 Å². The maximum Gasteiger partial charge on any atom is 0.0998 e. The number of hydrogen-bond acceptors (Lipinski definition) is 2. The van der Waals surface area contributed by atoms with Gasteiger partial charge in [-0.2, -0.15) is 10.4 Å². The molecule has 0 amide bonds. The second-order valence-corrected chi connectivity index (χ2v) is 5.14. The molecule has 0 saturated heterocycles. The number of nitrogens with zero attached hydrogens (tertiary/aromatic N) is 3. The molecule has 3 aromatic rings. The van der Waals surface area contributed by atoms with Crippen molar-refractivity contribution in [3.05, 3.63) is 57.9 Å². The van der Waals surface area contributed by atoms with Gasteiger partial charge in [0.2, 0.25) is 0 Å². The Hall–Kier alpha value is -1.87. The predicted octanol–water partition coefficient (Wildman–Crippen LogP) is 3.50. The van der Waals surface area contributed by atoms with E-state index in [1.807, 2.05) is 53.5 Å². The summed E-state index contributed by atoms with van der Waals surface area (Å²) in [5.41, 5.74) is 1.68. The maximum absolute atomic E-state index is 9.13. The minimum absolute atomic E-state index is 0.691. The van der Waals surface area contributed by atoms with Crippen molar-refractivity contribution >= 4 is 33.4 Å². The molecule has 0 aliphatic carbocycles. The van der Waals surface area contributed by atoms with Gasteiger partial charge in [-0.25, -0.2) is 4.68 Å². The standard InChI is InChI=1S/C14H8IN3/c15-11-8-17-18(9-11)14-6-5-10(7-16)12-3-1-2-4-13(12)14/h1-6,8-9H. The van der Waals surface area contributed by atoms with Gasteiger partial charge in [-0.05, 0) is 34.7 Å². The largest absolute Gasteiger partial charge is 0.239 e. The van der Waals surface area contributed by atoms with E-state index < -0.39 is 0 Å². The first-order chi connectivity index (χ1) is 8.79. The molecule has 1 aromatic heterocycles. The van der Waals surface area contributed by atoms with Crippen molar-refractivity contribution in [2.24, 2.45) is 0 Å². The molecule has 4 heteroatoms. The molecule has 0 aliphatic heterocycles. The van der Waals surface area contributed by atoms with E-state index in [1.54, 1.807) is 0 Å². The second kappa shape index (κ2) is 4.42. The number of aromatic nitrogens is 2. The molecule has 0 aliphatic rings. The third kappa shape index (κ3) is 1.77. The summed E-state index contributed by atoms with van der Waals surface area (Å²) in [4.78, 5) is 0. The molecule has 1 heterocycles. The highest BCUT2D eigenvalue weighted by Gasteiger charge is 2.07. The topological polar surface area (TPSA) is 41.6 Å². The summed E-state index contributed by atoms with van der Waals surface area (Å²) >= 11 is 2.23. The number of hydrogen-bond donors (Lipinski definition) is 0. The van der Waals surface area contributed by atoms with Gasteiger partial charge in [0.25, 0.3) is 0 Å². The van der Waals surface area contributed by atoms with Crippen LogP contribution in [0.25, 0.3) is 16.5 Å². The molecule has 0 fully saturated rings. The molecule has 3 nitrogen and oxygen atoms in total. The lowest BCUT2D eigenvalue weighted by Crippen LogP contribution is -1.96. The first-order valence-electron chi connectivity index (χ1n) is 5.42. The predicted molar refractivity (Wildman–Crippen MR) is 78.5 cm³/mol. The van der Waals surface area contributed by atoms with Crippen molar-refractivity contribution in [1.29, 1.82) is 5.26 Å². The fraction of sp³-hybridized carbons (Fsp3) is 0.